The lowest BCUT2D eigenvalue weighted by Gasteiger charge is -2.10. The van der Waals surface area contributed by atoms with Gasteiger partial charge in [0, 0.05) is 17.0 Å². The number of aryl methyl sites for hydroxylation is 1. The zero-order chi connectivity index (χ0) is 19.0. The van der Waals surface area contributed by atoms with Crippen molar-refractivity contribution in [3.05, 3.63) is 60.1 Å². The molecule has 0 unspecified atom stereocenters. The summed E-state index contributed by atoms with van der Waals surface area (Å²) in [7, 11) is 0. The molecule has 136 valence electrons. The number of pyridine rings is 1. The molecule has 0 aliphatic heterocycles. The molecule has 1 amide bonds. The summed E-state index contributed by atoms with van der Waals surface area (Å²) in [6.45, 7) is 5.96. The van der Waals surface area contributed by atoms with E-state index in [9.17, 15) is 4.79 Å². The Morgan fingerprint density at radius 2 is 1.96 bits per heavy atom. The second-order valence-corrected chi connectivity index (χ2v) is 6.57. The Hall–Kier alpha value is -3.48. The average Bonchev–Trinajstić information content (AvgIpc) is 3.28. The zero-order valence-electron chi connectivity index (χ0n) is 15.3. The molecule has 0 aliphatic carbocycles. The number of anilines is 1. The monoisotopic (exact) mass is 361 g/mol. The number of benzene rings is 1. The maximum Gasteiger partial charge on any atom is 0.292 e. The minimum atomic E-state index is -0.335. The number of amides is 1. The zero-order valence-corrected chi connectivity index (χ0v) is 15.3. The number of hydrogen-bond donors (Lipinski definition) is 1. The molecule has 4 aromatic rings. The van der Waals surface area contributed by atoms with Crippen molar-refractivity contribution in [2.45, 2.75) is 26.8 Å². The van der Waals surface area contributed by atoms with Gasteiger partial charge in [0.25, 0.3) is 5.91 Å². The first-order chi connectivity index (χ1) is 13.0. The fourth-order valence-corrected chi connectivity index (χ4v) is 3.00. The van der Waals surface area contributed by atoms with Crippen LogP contribution < -0.4 is 5.32 Å². The molecule has 27 heavy (non-hydrogen) atoms. The molecule has 0 saturated heterocycles. The van der Waals surface area contributed by atoms with E-state index in [4.69, 9.17) is 4.42 Å². The molecule has 0 saturated carbocycles. The smallest absolute Gasteiger partial charge is 0.292 e. The van der Waals surface area contributed by atoms with Gasteiger partial charge >= 0.3 is 0 Å². The highest BCUT2D eigenvalue weighted by Crippen LogP contribution is 2.26. The van der Waals surface area contributed by atoms with Crippen molar-refractivity contribution in [3.8, 4) is 11.5 Å². The van der Waals surface area contributed by atoms with Gasteiger partial charge < -0.3 is 14.3 Å². The highest BCUT2D eigenvalue weighted by atomic mass is 16.3. The first kappa shape index (κ1) is 17.0. The van der Waals surface area contributed by atoms with E-state index in [2.05, 4.69) is 20.5 Å². The van der Waals surface area contributed by atoms with E-state index in [1.165, 1.54) is 0 Å². The summed E-state index contributed by atoms with van der Waals surface area (Å²) >= 11 is 0. The molecule has 7 heteroatoms. The van der Waals surface area contributed by atoms with Gasteiger partial charge in [-0.15, -0.1) is 10.2 Å². The largest absolute Gasteiger partial charge is 0.451 e. The summed E-state index contributed by atoms with van der Waals surface area (Å²) in [5, 5.41) is 11.8. The van der Waals surface area contributed by atoms with Crippen molar-refractivity contribution in [2.75, 3.05) is 5.32 Å². The Balaban J connectivity index is 1.64. The number of carbonyl (C=O) groups excluding carboxylic acids is 1. The van der Waals surface area contributed by atoms with Gasteiger partial charge in [-0.25, -0.2) is 4.98 Å². The highest BCUT2D eigenvalue weighted by Gasteiger charge is 2.18. The van der Waals surface area contributed by atoms with Gasteiger partial charge in [-0.2, -0.15) is 0 Å². The minimum Gasteiger partial charge on any atom is -0.451 e. The van der Waals surface area contributed by atoms with Gasteiger partial charge in [-0.05, 0) is 39.0 Å². The SMILES string of the molecule is Cc1c(C(=O)Nc2cccc(-c3nncn3C(C)C)n2)oc2ccccc12. The van der Waals surface area contributed by atoms with Crippen LogP contribution in [-0.2, 0) is 0 Å². The van der Waals surface area contributed by atoms with E-state index in [1.807, 2.05) is 61.7 Å². The second kappa shape index (κ2) is 6.68. The van der Waals surface area contributed by atoms with Crippen LogP contribution in [0.4, 0.5) is 5.82 Å². The van der Waals surface area contributed by atoms with Gasteiger partial charge in [-0.1, -0.05) is 24.3 Å². The number of para-hydroxylation sites is 1. The molecule has 3 heterocycles. The molecule has 7 nitrogen and oxygen atoms in total. The summed E-state index contributed by atoms with van der Waals surface area (Å²) in [6.07, 6.45) is 1.67. The first-order valence-electron chi connectivity index (χ1n) is 8.71. The molecule has 1 aromatic carbocycles. The third-order valence-corrected chi connectivity index (χ3v) is 4.40. The third kappa shape index (κ3) is 3.08. The van der Waals surface area contributed by atoms with Crippen molar-refractivity contribution in [3.63, 3.8) is 0 Å². The maximum absolute atomic E-state index is 12.7. The topological polar surface area (TPSA) is 85.8 Å². The van der Waals surface area contributed by atoms with Crippen LogP contribution >= 0.6 is 0 Å². The van der Waals surface area contributed by atoms with Crippen LogP contribution in [0.3, 0.4) is 0 Å². The maximum atomic E-state index is 12.7. The fraction of sp³-hybridized carbons (Fsp3) is 0.200. The van der Waals surface area contributed by atoms with Crippen molar-refractivity contribution in [1.82, 2.24) is 19.7 Å². The molecular formula is C20H19N5O2. The van der Waals surface area contributed by atoms with Crippen LogP contribution in [0.2, 0.25) is 0 Å². The molecule has 0 bridgehead atoms. The normalized spacial score (nSPS) is 11.3. The highest BCUT2D eigenvalue weighted by molar-refractivity contribution is 6.06. The number of nitrogens with one attached hydrogen (secondary N) is 1. The number of aromatic nitrogens is 4. The molecule has 4 rings (SSSR count). The van der Waals surface area contributed by atoms with Gasteiger partial charge in [0.15, 0.2) is 11.6 Å². The van der Waals surface area contributed by atoms with E-state index in [0.717, 1.165) is 10.9 Å². The molecule has 0 fully saturated rings. The number of hydrogen-bond acceptors (Lipinski definition) is 5. The van der Waals surface area contributed by atoms with Crippen LogP contribution in [0.25, 0.3) is 22.5 Å². The van der Waals surface area contributed by atoms with Gasteiger partial charge in [0.1, 0.15) is 23.4 Å². The predicted molar refractivity (Wildman–Crippen MR) is 103 cm³/mol. The summed E-state index contributed by atoms with van der Waals surface area (Å²) in [4.78, 5) is 17.2. The van der Waals surface area contributed by atoms with Crippen molar-refractivity contribution >= 4 is 22.7 Å². The van der Waals surface area contributed by atoms with Crippen molar-refractivity contribution in [1.29, 1.82) is 0 Å². The molecule has 0 spiro atoms. The fourth-order valence-electron chi connectivity index (χ4n) is 3.00. The van der Waals surface area contributed by atoms with Gasteiger partial charge in [0.05, 0.1) is 0 Å². The van der Waals surface area contributed by atoms with Crippen LogP contribution in [0.1, 0.15) is 36.0 Å². The van der Waals surface area contributed by atoms with Crippen LogP contribution in [0, 0.1) is 6.92 Å². The minimum absolute atomic E-state index is 0.202. The number of fused-ring (bicyclic) bond motifs is 1. The molecule has 0 aliphatic rings. The summed E-state index contributed by atoms with van der Waals surface area (Å²) in [6, 6.07) is 13.2. The Bertz CT molecular complexity index is 1130. The van der Waals surface area contributed by atoms with Crippen molar-refractivity contribution < 1.29 is 9.21 Å². The van der Waals surface area contributed by atoms with E-state index < -0.39 is 0 Å². The van der Waals surface area contributed by atoms with E-state index in [1.54, 1.807) is 12.4 Å². The average molecular weight is 361 g/mol. The standard InChI is InChI=1S/C20H19N5O2/c1-12(2)25-11-21-24-19(25)15-8-6-10-17(22-15)23-20(26)18-13(3)14-7-4-5-9-16(14)27-18/h4-12H,1-3H3,(H,22,23,26). The van der Waals surface area contributed by atoms with Crippen LogP contribution in [0.15, 0.2) is 53.2 Å². The molecule has 0 radical (unpaired) electrons. The lowest BCUT2D eigenvalue weighted by Crippen LogP contribution is -2.13. The summed E-state index contributed by atoms with van der Waals surface area (Å²) in [5.41, 5.74) is 2.13. The summed E-state index contributed by atoms with van der Waals surface area (Å²) in [5.74, 6) is 1.03. The molecule has 0 atom stereocenters. The van der Waals surface area contributed by atoms with Crippen LogP contribution in [-0.4, -0.2) is 25.7 Å². The lowest BCUT2D eigenvalue weighted by molar-refractivity contribution is 0.0997. The number of nitrogens with zero attached hydrogens (tertiary/aromatic N) is 4. The van der Waals surface area contributed by atoms with Crippen LogP contribution in [0.5, 0.6) is 0 Å². The van der Waals surface area contributed by atoms with Crippen molar-refractivity contribution in [2.24, 2.45) is 0 Å². The quantitative estimate of drug-likeness (QED) is 0.588. The Labute approximate surface area is 156 Å². The van der Waals surface area contributed by atoms with E-state index in [0.29, 0.717) is 22.9 Å². The first-order valence-corrected chi connectivity index (χ1v) is 8.71. The molecule has 1 N–H and O–H groups in total. The van der Waals surface area contributed by atoms with Gasteiger partial charge in [-0.3, -0.25) is 4.79 Å². The Morgan fingerprint density at radius 1 is 1.15 bits per heavy atom. The van der Waals surface area contributed by atoms with E-state index >= 15 is 0 Å². The second-order valence-electron chi connectivity index (χ2n) is 6.57. The van der Waals surface area contributed by atoms with E-state index in [-0.39, 0.29) is 17.7 Å². The Morgan fingerprint density at radius 3 is 2.74 bits per heavy atom. The predicted octanol–water partition coefficient (Wildman–Crippen LogP) is 4.23. The number of furan rings is 1. The third-order valence-electron chi connectivity index (χ3n) is 4.40. The molecule has 3 aromatic heterocycles. The lowest BCUT2D eigenvalue weighted by atomic mass is 10.1. The van der Waals surface area contributed by atoms with Gasteiger partial charge in [0.2, 0.25) is 0 Å². The Kier molecular flexibility index (Phi) is 4.19. The number of rotatable bonds is 4. The molecular weight excluding hydrogens is 342 g/mol. The number of carbonyl (C=O) groups is 1. The summed E-state index contributed by atoms with van der Waals surface area (Å²) < 4.78 is 7.65.